The molecule has 3 N–H and O–H groups in total. The number of aliphatic hydroxyl groups excluding tert-OH is 1. The van der Waals surface area contributed by atoms with Gasteiger partial charge in [-0.1, -0.05) is 35.9 Å². The summed E-state index contributed by atoms with van der Waals surface area (Å²) < 4.78 is 24.0. The van der Waals surface area contributed by atoms with Crippen molar-refractivity contribution in [2.45, 2.75) is 19.6 Å². The summed E-state index contributed by atoms with van der Waals surface area (Å²) in [6.07, 6.45) is -1.58. The molecule has 0 fully saturated rings. The van der Waals surface area contributed by atoms with E-state index in [2.05, 4.69) is 15.6 Å². The van der Waals surface area contributed by atoms with E-state index in [1.165, 1.54) is 43.3 Å². The molecule has 0 bridgehead atoms. The molecule has 0 aliphatic rings. The highest BCUT2D eigenvalue weighted by Gasteiger charge is 2.23. The van der Waals surface area contributed by atoms with E-state index in [0.29, 0.717) is 21.7 Å². The predicted octanol–water partition coefficient (Wildman–Crippen LogP) is 2.77. The normalized spacial score (nSPS) is 11.8. The lowest BCUT2D eigenvalue weighted by atomic mass is 10.0. The summed E-state index contributed by atoms with van der Waals surface area (Å²) in [7, 11) is 1.44. The molecule has 0 saturated heterocycles. The zero-order valence-electron chi connectivity index (χ0n) is 20.2. The number of hydrogen-bond acceptors (Lipinski definition) is 8. The summed E-state index contributed by atoms with van der Waals surface area (Å²) in [6, 6.07) is 12.3. The van der Waals surface area contributed by atoms with Gasteiger partial charge >= 0.3 is 5.97 Å². The number of ether oxygens (including phenoxy) is 2. The lowest BCUT2D eigenvalue weighted by molar-refractivity contribution is -0.156. The van der Waals surface area contributed by atoms with Crippen LogP contribution < -0.4 is 5.43 Å². The minimum absolute atomic E-state index is 0.0131. The van der Waals surface area contributed by atoms with E-state index in [1.54, 1.807) is 24.3 Å². The number of methoxy groups -OCH3 is 1. The highest BCUT2D eigenvalue weighted by atomic mass is 35.5. The van der Waals surface area contributed by atoms with Crippen LogP contribution in [0.25, 0.3) is 11.1 Å². The van der Waals surface area contributed by atoms with Crippen molar-refractivity contribution in [3.8, 4) is 11.1 Å². The van der Waals surface area contributed by atoms with Crippen molar-refractivity contribution in [2.24, 2.45) is 0 Å². The maximum absolute atomic E-state index is 14.2. The number of aromatic nitrogens is 2. The van der Waals surface area contributed by atoms with Gasteiger partial charge in [0, 0.05) is 31.2 Å². The van der Waals surface area contributed by atoms with Gasteiger partial charge in [-0.05, 0) is 35.4 Å². The fourth-order valence-corrected chi connectivity index (χ4v) is 3.48. The Balaban J connectivity index is 1.76. The molecule has 0 aliphatic carbocycles. The number of aliphatic hydroxyl groups is 1. The lowest BCUT2D eigenvalue weighted by Crippen LogP contribution is -2.47. The SMILES string of the molecule is COCCOC(=O)[C@H](O)CN(Cc1ccc(-c2cc(Cl)ccc2F)cc1)NC(=O)c1cc(C(C)=O)n[nH]1. The average molecular weight is 533 g/mol. The smallest absolute Gasteiger partial charge is 0.336 e. The van der Waals surface area contributed by atoms with Gasteiger partial charge < -0.3 is 14.6 Å². The third-order valence-corrected chi connectivity index (χ3v) is 5.44. The molecule has 0 unspecified atom stereocenters. The maximum atomic E-state index is 14.2. The molecule has 1 amide bonds. The zero-order valence-corrected chi connectivity index (χ0v) is 20.9. The molecule has 3 rings (SSSR count). The molecule has 12 heteroatoms. The van der Waals surface area contributed by atoms with Gasteiger partial charge in [-0.2, -0.15) is 5.10 Å². The first-order valence-corrected chi connectivity index (χ1v) is 11.6. The number of rotatable bonds is 12. The summed E-state index contributed by atoms with van der Waals surface area (Å²) >= 11 is 5.99. The Kier molecular flexibility index (Phi) is 9.86. The van der Waals surface area contributed by atoms with Crippen LogP contribution in [0.15, 0.2) is 48.5 Å². The quantitative estimate of drug-likeness (QED) is 0.140. The Morgan fingerprint density at radius 1 is 1.16 bits per heavy atom. The van der Waals surface area contributed by atoms with Gasteiger partial charge in [0.2, 0.25) is 0 Å². The van der Waals surface area contributed by atoms with E-state index in [0.717, 1.165) is 0 Å². The van der Waals surface area contributed by atoms with Crippen molar-refractivity contribution in [3.05, 3.63) is 76.3 Å². The molecular weight excluding hydrogens is 507 g/mol. The largest absolute Gasteiger partial charge is 0.461 e. The van der Waals surface area contributed by atoms with E-state index in [4.69, 9.17) is 21.1 Å². The number of hydrogen-bond donors (Lipinski definition) is 3. The number of H-pyrrole nitrogens is 1. The van der Waals surface area contributed by atoms with E-state index in [1.807, 2.05) is 0 Å². The van der Waals surface area contributed by atoms with E-state index in [-0.39, 0.29) is 43.5 Å². The van der Waals surface area contributed by atoms with Crippen LogP contribution in [0, 0.1) is 5.82 Å². The van der Waals surface area contributed by atoms with Crippen LogP contribution in [-0.2, 0) is 20.8 Å². The van der Waals surface area contributed by atoms with Gasteiger partial charge in [-0.3, -0.25) is 20.1 Å². The molecule has 1 aromatic heterocycles. The van der Waals surface area contributed by atoms with Gasteiger partial charge in [0.15, 0.2) is 11.9 Å². The van der Waals surface area contributed by atoms with Gasteiger partial charge in [0.25, 0.3) is 5.91 Å². The number of nitrogens with zero attached hydrogens (tertiary/aromatic N) is 2. The standard InChI is InChI=1S/C25H26ClFN4O6/c1-15(32)21-12-22(29-28-21)24(34)30-31(14-23(33)25(35)37-10-9-36-2)13-16-3-5-17(6-4-16)19-11-18(26)7-8-20(19)27/h3-8,11-12,23,33H,9-10,13-14H2,1-2H3,(H,28,29)(H,30,34)/t23-/m1/s1. The van der Waals surface area contributed by atoms with Crippen LogP contribution in [0.1, 0.15) is 33.5 Å². The van der Waals surface area contributed by atoms with Gasteiger partial charge in [0.05, 0.1) is 13.2 Å². The molecule has 0 saturated carbocycles. The molecule has 0 radical (unpaired) electrons. The number of esters is 1. The van der Waals surface area contributed by atoms with Crippen LogP contribution >= 0.6 is 11.6 Å². The number of hydrazine groups is 1. The van der Waals surface area contributed by atoms with E-state index >= 15 is 0 Å². The van der Waals surface area contributed by atoms with Crippen molar-refractivity contribution >= 4 is 29.3 Å². The first kappa shape index (κ1) is 27.9. The number of halogens is 2. The Bertz CT molecular complexity index is 1250. The molecule has 2 aromatic carbocycles. The first-order chi connectivity index (χ1) is 17.7. The molecule has 3 aromatic rings. The number of amides is 1. The molecule has 10 nitrogen and oxygen atoms in total. The van der Waals surface area contributed by atoms with Crippen molar-refractivity contribution in [2.75, 3.05) is 26.9 Å². The summed E-state index contributed by atoms with van der Waals surface area (Å²) in [5, 5.41) is 18.3. The minimum atomic E-state index is -1.58. The number of Topliss-reactive ketones (excluding diaryl/α,β-unsaturated/α-hetero) is 1. The van der Waals surface area contributed by atoms with Crippen molar-refractivity contribution in [1.29, 1.82) is 0 Å². The van der Waals surface area contributed by atoms with Gasteiger partial charge in [-0.25, -0.2) is 14.2 Å². The average Bonchev–Trinajstić information content (AvgIpc) is 3.37. The molecule has 196 valence electrons. The number of aromatic amines is 1. The Labute approximate surface area is 217 Å². The third-order valence-electron chi connectivity index (χ3n) is 5.21. The van der Waals surface area contributed by atoms with Gasteiger partial charge in [-0.15, -0.1) is 0 Å². The summed E-state index contributed by atoms with van der Waals surface area (Å²) in [5.74, 6) is -2.27. The second-order valence-electron chi connectivity index (χ2n) is 8.04. The zero-order chi connectivity index (χ0) is 26.9. The molecule has 1 atom stereocenters. The molecule has 37 heavy (non-hydrogen) atoms. The Morgan fingerprint density at radius 3 is 2.54 bits per heavy atom. The second-order valence-corrected chi connectivity index (χ2v) is 8.48. The fourth-order valence-electron chi connectivity index (χ4n) is 3.31. The van der Waals surface area contributed by atoms with Crippen LogP contribution in [0.2, 0.25) is 5.02 Å². The lowest BCUT2D eigenvalue weighted by Gasteiger charge is -2.25. The monoisotopic (exact) mass is 532 g/mol. The molecule has 1 heterocycles. The predicted molar refractivity (Wildman–Crippen MR) is 132 cm³/mol. The van der Waals surface area contributed by atoms with E-state index < -0.39 is 23.8 Å². The fraction of sp³-hybridized carbons (Fsp3) is 0.280. The number of carbonyl (C=O) groups is 3. The molecular formula is C25H26ClFN4O6. The Hall–Kier alpha value is -3.64. The Morgan fingerprint density at radius 2 is 1.89 bits per heavy atom. The highest BCUT2D eigenvalue weighted by molar-refractivity contribution is 6.30. The minimum Gasteiger partial charge on any atom is -0.461 e. The van der Waals surface area contributed by atoms with E-state index in [9.17, 15) is 23.9 Å². The summed E-state index contributed by atoms with van der Waals surface area (Å²) in [5.41, 5.74) is 4.30. The van der Waals surface area contributed by atoms with Gasteiger partial charge in [0.1, 0.15) is 23.8 Å². The van der Waals surface area contributed by atoms with Crippen LogP contribution in [0.3, 0.4) is 0 Å². The van der Waals surface area contributed by atoms with Crippen LogP contribution in [0.5, 0.6) is 0 Å². The third kappa shape index (κ3) is 7.92. The second kappa shape index (κ2) is 13.1. The van der Waals surface area contributed by atoms with Crippen molar-refractivity contribution in [1.82, 2.24) is 20.6 Å². The number of nitrogens with one attached hydrogen (secondary N) is 2. The number of ketones is 1. The summed E-state index contributed by atoms with van der Waals surface area (Å²) in [6.45, 7) is 1.20. The van der Waals surface area contributed by atoms with Crippen molar-refractivity contribution < 1.29 is 33.4 Å². The molecule has 0 aliphatic heterocycles. The number of carbonyl (C=O) groups excluding carboxylic acids is 3. The van der Waals surface area contributed by atoms with Crippen LogP contribution in [0.4, 0.5) is 4.39 Å². The molecule has 0 spiro atoms. The number of benzene rings is 2. The van der Waals surface area contributed by atoms with Crippen molar-refractivity contribution in [3.63, 3.8) is 0 Å². The highest BCUT2D eigenvalue weighted by Crippen LogP contribution is 2.26. The summed E-state index contributed by atoms with van der Waals surface area (Å²) in [4.78, 5) is 36.4. The first-order valence-electron chi connectivity index (χ1n) is 11.2. The van der Waals surface area contributed by atoms with Crippen LogP contribution in [-0.4, -0.2) is 70.9 Å². The maximum Gasteiger partial charge on any atom is 0.336 e. The topological polar surface area (TPSA) is 134 Å².